The Kier molecular flexibility index (Phi) is 3.36. The third-order valence-electron chi connectivity index (χ3n) is 3.31. The van der Waals surface area contributed by atoms with Crippen LogP contribution in [0.1, 0.15) is 0 Å². The zero-order valence-electron chi connectivity index (χ0n) is 11.8. The summed E-state index contributed by atoms with van der Waals surface area (Å²) >= 11 is 0. The molecule has 0 N–H and O–H groups in total. The van der Waals surface area contributed by atoms with E-state index in [-0.39, 0.29) is 11.2 Å². The van der Waals surface area contributed by atoms with Crippen molar-refractivity contribution in [1.29, 1.82) is 0 Å². The number of benzene rings is 2. The van der Waals surface area contributed by atoms with Gasteiger partial charge in [0.1, 0.15) is 11.3 Å². The smallest absolute Gasteiger partial charge is 0.235 e. The summed E-state index contributed by atoms with van der Waals surface area (Å²) in [6.45, 7) is 0. The predicted molar refractivity (Wildman–Crippen MR) is 81.0 cm³/mol. The lowest BCUT2D eigenvalue weighted by Gasteiger charge is -2.09. The normalized spacial score (nSPS) is 10.6. The Morgan fingerprint density at radius 2 is 1.62 bits per heavy atom. The molecular weight excluding hydrogens is 268 g/mol. The Morgan fingerprint density at radius 3 is 2.29 bits per heavy atom. The van der Waals surface area contributed by atoms with E-state index >= 15 is 0 Å². The topological polar surface area (TPSA) is 48.7 Å². The molecule has 3 rings (SSSR count). The van der Waals surface area contributed by atoms with Crippen LogP contribution in [0.3, 0.4) is 0 Å². The third kappa shape index (κ3) is 2.25. The molecule has 2 aromatic carbocycles. The second kappa shape index (κ2) is 5.32. The van der Waals surface area contributed by atoms with Crippen molar-refractivity contribution in [1.82, 2.24) is 0 Å². The number of ether oxygens (including phenoxy) is 2. The van der Waals surface area contributed by atoms with Crippen LogP contribution < -0.4 is 14.9 Å². The molecule has 0 aliphatic carbocycles. The lowest BCUT2D eigenvalue weighted by atomic mass is 10.1. The van der Waals surface area contributed by atoms with Crippen molar-refractivity contribution in [3.05, 3.63) is 58.8 Å². The first-order chi connectivity index (χ1) is 10.2. The van der Waals surface area contributed by atoms with Gasteiger partial charge in [-0.05, 0) is 36.4 Å². The van der Waals surface area contributed by atoms with Crippen molar-refractivity contribution in [2.75, 3.05) is 14.2 Å². The molecule has 4 nitrogen and oxygen atoms in total. The molecule has 0 amide bonds. The molecule has 0 radical (unpaired) electrons. The number of hydrogen-bond acceptors (Lipinski definition) is 4. The molecule has 0 aliphatic heterocycles. The number of rotatable bonds is 3. The van der Waals surface area contributed by atoms with E-state index in [0.717, 1.165) is 11.3 Å². The van der Waals surface area contributed by atoms with Crippen LogP contribution in [0, 0.1) is 0 Å². The fourth-order valence-electron chi connectivity index (χ4n) is 2.24. The molecule has 3 aromatic rings. The lowest BCUT2D eigenvalue weighted by Crippen LogP contribution is -2.07. The van der Waals surface area contributed by atoms with Gasteiger partial charge in [0, 0.05) is 5.56 Å². The zero-order chi connectivity index (χ0) is 14.8. The van der Waals surface area contributed by atoms with Gasteiger partial charge < -0.3 is 13.9 Å². The minimum Gasteiger partial charge on any atom is -0.497 e. The summed E-state index contributed by atoms with van der Waals surface area (Å²) in [6.07, 6.45) is 0. The van der Waals surface area contributed by atoms with Gasteiger partial charge in [0.05, 0.1) is 19.6 Å². The summed E-state index contributed by atoms with van der Waals surface area (Å²) in [5, 5.41) is 0.506. The average molecular weight is 282 g/mol. The van der Waals surface area contributed by atoms with Crippen LogP contribution >= 0.6 is 0 Å². The van der Waals surface area contributed by atoms with E-state index in [4.69, 9.17) is 13.9 Å². The van der Waals surface area contributed by atoms with E-state index in [0.29, 0.717) is 16.7 Å². The highest BCUT2D eigenvalue weighted by Crippen LogP contribution is 2.31. The van der Waals surface area contributed by atoms with Crippen molar-refractivity contribution in [3.63, 3.8) is 0 Å². The Balaban J connectivity index is 2.27. The maximum atomic E-state index is 12.5. The Bertz CT molecular complexity index is 832. The van der Waals surface area contributed by atoms with E-state index in [1.165, 1.54) is 7.11 Å². The minimum atomic E-state index is -0.176. The Hall–Kier alpha value is -2.75. The van der Waals surface area contributed by atoms with Crippen molar-refractivity contribution in [3.8, 4) is 22.8 Å². The molecule has 0 spiro atoms. The second-order valence-corrected chi connectivity index (χ2v) is 4.52. The van der Waals surface area contributed by atoms with Gasteiger partial charge in [-0.3, -0.25) is 4.79 Å². The molecule has 0 fully saturated rings. The molecular formula is C17H14O4. The molecule has 21 heavy (non-hydrogen) atoms. The van der Waals surface area contributed by atoms with Crippen molar-refractivity contribution < 1.29 is 13.9 Å². The predicted octanol–water partition coefficient (Wildman–Crippen LogP) is 3.48. The van der Waals surface area contributed by atoms with Gasteiger partial charge >= 0.3 is 0 Å². The van der Waals surface area contributed by atoms with Gasteiger partial charge in [0.2, 0.25) is 11.2 Å². The van der Waals surface area contributed by atoms with Crippen molar-refractivity contribution in [2.45, 2.75) is 0 Å². The van der Waals surface area contributed by atoms with E-state index < -0.39 is 0 Å². The number of para-hydroxylation sites is 1. The van der Waals surface area contributed by atoms with Gasteiger partial charge in [-0.25, -0.2) is 0 Å². The first kappa shape index (κ1) is 13.2. The minimum absolute atomic E-state index is 0.176. The highest BCUT2D eigenvalue weighted by molar-refractivity contribution is 5.81. The number of fused-ring (bicyclic) bond motifs is 1. The number of hydrogen-bond donors (Lipinski definition) is 0. The third-order valence-corrected chi connectivity index (χ3v) is 3.31. The fraction of sp³-hybridized carbons (Fsp3) is 0.118. The summed E-state index contributed by atoms with van der Waals surface area (Å²) in [5.41, 5.74) is 1.12. The maximum absolute atomic E-state index is 12.5. The van der Waals surface area contributed by atoms with Crippen LogP contribution in [-0.4, -0.2) is 14.2 Å². The Morgan fingerprint density at radius 1 is 0.905 bits per heavy atom. The fourth-order valence-corrected chi connectivity index (χ4v) is 2.24. The molecule has 0 bridgehead atoms. The van der Waals surface area contributed by atoms with E-state index in [1.807, 2.05) is 30.3 Å². The first-order valence-electron chi connectivity index (χ1n) is 6.49. The molecule has 0 atom stereocenters. The average Bonchev–Trinajstić information content (AvgIpc) is 2.55. The summed E-state index contributed by atoms with van der Waals surface area (Å²) < 4.78 is 16.2. The molecule has 1 heterocycles. The van der Waals surface area contributed by atoms with Crippen LogP contribution in [0.15, 0.2) is 57.7 Å². The summed E-state index contributed by atoms with van der Waals surface area (Å²) in [5.74, 6) is 1.36. The Labute approximate surface area is 121 Å². The molecule has 4 heteroatoms. The second-order valence-electron chi connectivity index (χ2n) is 4.52. The summed E-state index contributed by atoms with van der Waals surface area (Å²) in [7, 11) is 3.07. The molecule has 0 unspecified atom stereocenters. The van der Waals surface area contributed by atoms with Crippen LogP contribution in [0.25, 0.3) is 22.3 Å². The highest BCUT2D eigenvalue weighted by atomic mass is 16.5. The van der Waals surface area contributed by atoms with Crippen LogP contribution in [-0.2, 0) is 0 Å². The van der Waals surface area contributed by atoms with Crippen molar-refractivity contribution >= 4 is 11.0 Å². The van der Waals surface area contributed by atoms with Crippen molar-refractivity contribution in [2.24, 2.45) is 0 Å². The van der Waals surface area contributed by atoms with Crippen LogP contribution in [0.5, 0.6) is 11.5 Å². The van der Waals surface area contributed by atoms with E-state index in [9.17, 15) is 4.79 Å². The molecule has 1 aromatic heterocycles. The molecule has 0 aliphatic rings. The summed E-state index contributed by atoms with van der Waals surface area (Å²) in [6, 6.07) is 14.4. The molecule has 106 valence electrons. The standard InChI is InChI=1S/C17H14O4/c1-19-12-9-7-11(8-10-12)16-17(20-2)15(18)13-5-3-4-6-14(13)21-16/h3-10H,1-2H3. The summed E-state index contributed by atoms with van der Waals surface area (Å²) in [4.78, 5) is 12.5. The molecule has 0 saturated carbocycles. The van der Waals surface area contributed by atoms with Gasteiger partial charge in [0.15, 0.2) is 5.76 Å². The van der Waals surface area contributed by atoms with Gasteiger partial charge in [-0.1, -0.05) is 12.1 Å². The van der Waals surface area contributed by atoms with Crippen LogP contribution in [0.2, 0.25) is 0 Å². The molecule has 0 saturated heterocycles. The van der Waals surface area contributed by atoms with E-state index in [1.54, 1.807) is 25.3 Å². The first-order valence-corrected chi connectivity index (χ1v) is 6.49. The zero-order valence-corrected chi connectivity index (χ0v) is 11.8. The number of methoxy groups -OCH3 is 2. The SMILES string of the molecule is COc1ccc(-c2oc3ccccc3c(=O)c2OC)cc1. The van der Waals surface area contributed by atoms with Gasteiger partial charge in [0.25, 0.3) is 0 Å². The highest BCUT2D eigenvalue weighted by Gasteiger charge is 2.16. The lowest BCUT2D eigenvalue weighted by molar-refractivity contribution is 0.398. The van der Waals surface area contributed by atoms with Gasteiger partial charge in [-0.15, -0.1) is 0 Å². The monoisotopic (exact) mass is 282 g/mol. The quantitative estimate of drug-likeness (QED) is 0.738. The van der Waals surface area contributed by atoms with Gasteiger partial charge in [-0.2, -0.15) is 0 Å². The van der Waals surface area contributed by atoms with Crippen LogP contribution in [0.4, 0.5) is 0 Å². The largest absolute Gasteiger partial charge is 0.497 e. The van der Waals surface area contributed by atoms with E-state index in [2.05, 4.69) is 0 Å². The maximum Gasteiger partial charge on any atom is 0.235 e.